The van der Waals surface area contributed by atoms with Crippen molar-refractivity contribution in [2.45, 2.75) is 39.2 Å². The molecule has 0 bridgehead atoms. The molecule has 3 rings (SSSR count). The van der Waals surface area contributed by atoms with Gasteiger partial charge in [0.1, 0.15) is 11.5 Å². The topological polar surface area (TPSA) is 43.6 Å². The fourth-order valence-corrected chi connectivity index (χ4v) is 2.83. The Morgan fingerprint density at radius 3 is 3.06 bits per heavy atom. The van der Waals surface area contributed by atoms with Crippen molar-refractivity contribution in [3.05, 3.63) is 16.2 Å². The van der Waals surface area contributed by atoms with Crippen molar-refractivity contribution in [3.8, 4) is 11.5 Å². The normalized spacial score (nSPS) is 19.8. The Hall–Kier alpha value is -1.23. The van der Waals surface area contributed by atoms with Crippen LogP contribution in [0.15, 0.2) is 5.38 Å². The zero-order valence-electron chi connectivity index (χ0n) is 9.47. The average molecular weight is 234 g/mol. The van der Waals surface area contributed by atoms with Gasteiger partial charge in [0.05, 0.1) is 5.01 Å². The molecule has 16 heavy (non-hydrogen) atoms. The van der Waals surface area contributed by atoms with E-state index < -0.39 is 0 Å². The summed E-state index contributed by atoms with van der Waals surface area (Å²) < 4.78 is 2.22. The Morgan fingerprint density at radius 2 is 2.31 bits per heavy atom. The van der Waals surface area contributed by atoms with E-state index in [1.54, 1.807) is 11.3 Å². The minimum atomic E-state index is 0.523. The highest BCUT2D eigenvalue weighted by molar-refractivity contribution is 7.09. The Kier molecular flexibility index (Phi) is 2.28. The van der Waals surface area contributed by atoms with Crippen LogP contribution in [0.1, 0.15) is 36.5 Å². The van der Waals surface area contributed by atoms with E-state index in [2.05, 4.69) is 32.1 Å². The van der Waals surface area contributed by atoms with Crippen molar-refractivity contribution in [1.29, 1.82) is 0 Å². The molecule has 2 aromatic heterocycles. The third kappa shape index (κ3) is 1.46. The van der Waals surface area contributed by atoms with Crippen molar-refractivity contribution in [1.82, 2.24) is 19.7 Å². The Bertz CT molecular complexity index is 514. The molecular weight excluding hydrogens is 220 g/mol. The first-order valence-electron chi connectivity index (χ1n) is 5.61. The third-order valence-electron chi connectivity index (χ3n) is 3.09. The summed E-state index contributed by atoms with van der Waals surface area (Å²) in [5.41, 5.74) is 0.968. The number of aromatic nitrogens is 4. The predicted molar refractivity (Wildman–Crippen MR) is 63.5 cm³/mol. The fraction of sp³-hybridized carbons (Fsp3) is 0.545. The second-order valence-electron chi connectivity index (χ2n) is 4.33. The molecule has 0 unspecified atom stereocenters. The molecule has 84 valence electrons. The third-order valence-corrected chi connectivity index (χ3v) is 3.86. The first-order valence-corrected chi connectivity index (χ1v) is 6.49. The Labute approximate surface area is 98.4 Å². The van der Waals surface area contributed by atoms with Crippen molar-refractivity contribution in [2.24, 2.45) is 0 Å². The SMILES string of the molecule is Cc1nc(-c2nnc3n2CCC[C@@H]3C)cs1. The van der Waals surface area contributed by atoms with E-state index in [0.29, 0.717) is 5.92 Å². The van der Waals surface area contributed by atoms with Crippen LogP contribution in [-0.2, 0) is 6.54 Å². The quantitative estimate of drug-likeness (QED) is 0.761. The molecule has 0 spiro atoms. The smallest absolute Gasteiger partial charge is 0.183 e. The fourth-order valence-electron chi connectivity index (χ4n) is 2.24. The largest absolute Gasteiger partial charge is 0.309 e. The highest BCUT2D eigenvalue weighted by atomic mass is 32.1. The van der Waals surface area contributed by atoms with Crippen LogP contribution in [0.3, 0.4) is 0 Å². The lowest BCUT2D eigenvalue weighted by Crippen LogP contribution is -2.14. The van der Waals surface area contributed by atoms with Gasteiger partial charge >= 0.3 is 0 Å². The number of fused-ring (bicyclic) bond motifs is 1. The van der Waals surface area contributed by atoms with E-state index in [9.17, 15) is 0 Å². The predicted octanol–water partition coefficient (Wildman–Crippen LogP) is 2.61. The summed E-state index contributed by atoms with van der Waals surface area (Å²) in [5, 5.41) is 11.7. The van der Waals surface area contributed by atoms with Gasteiger partial charge in [-0.15, -0.1) is 21.5 Å². The van der Waals surface area contributed by atoms with Crippen LogP contribution in [0.25, 0.3) is 11.5 Å². The maximum Gasteiger partial charge on any atom is 0.183 e. The molecule has 4 nitrogen and oxygen atoms in total. The van der Waals surface area contributed by atoms with Gasteiger partial charge in [-0.3, -0.25) is 0 Å². The minimum Gasteiger partial charge on any atom is -0.309 e. The van der Waals surface area contributed by atoms with Gasteiger partial charge in [0.15, 0.2) is 5.82 Å². The molecule has 1 aliphatic heterocycles. The van der Waals surface area contributed by atoms with Crippen LogP contribution < -0.4 is 0 Å². The van der Waals surface area contributed by atoms with E-state index in [-0.39, 0.29) is 0 Å². The summed E-state index contributed by atoms with van der Waals surface area (Å²) in [4.78, 5) is 4.48. The summed E-state index contributed by atoms with van der Waals surface area (Å²) in [6.07, 6.45) is 2.43. The molecule has 1 atom stereocenters. The van der Waals surface area contributed by atoms with Crippen LogP contribution in [-0.4, -0.2) is 19.7 Å². The minimum absolute atomic E-state index is 0.523. The molecule has 0 saturated carbocycles. The Balaban J connectivity index is 2.09. The second-order valence-corrected chi connectivity index (χ2v) is 5.39. The molecule has 2 aromatic rings. The number of hydrogen-bond donors (Lipinski definition) is 0. The zero-order valence-corrected chi connectivity index (χ0v) is 10.3. The van der Waals surface area contributed by atoms with E-state index in [4.69, 9.17) is 0 Å². The van der Waals surface area contributed by atoms with Crippen molar-refractivity contribution in [2.75, 3.05) is 0 Å². The van der Waals surface area contributed by atoms with Gasteiger partial charge in [-0.1, -0.05) is 6.92 Å². The highest BCUT2D eigenvalue weighted by Crippen LogP contribution is 2.29. The average Bonchev–Trinajstić information content (AvgIpc) is 2.84. The molecule has 5 heteroatoms. The lowest BCUT2D eigenvalue weighted by Gasteiger charge is -2.19. The van der Waals surface area contributed by atoms with Gasteiger partial charge in [-0.25, -0.2) is 4.98 Å². The van der Waals surface area contributed by atoms with Gasteiger partial charge in [0.25, 0.3) is 0 Å². The molecule has 1 aliphatic rings. The molecule has 3 heterocycles. The number of hydrogen-bond acceptors (Lipinski definition) is 4. The van der Waals surface area contributed by atoms with Gasteiger partial charge in [0.2, 0.25) is 0 Å². The summed E-state index contributed by atoms with van der Waals surface area (Å²) in [7, 11) is 0. The molecule has 0 aromatic carbocycles. The summed E-state index contributed by atoms with van der Waals surface area (Å²) in [6.45, 7) is 5.26. The van der Waals surface area contributed by atoms with Crippen LogP contribution in [0.4, 0.5) is 0 Å². The van der Waals surface area contributed by atoms with Crippen LogP contribution in [0.2, 0.25) is 0 Å². The van der Waals surface area contributed by atoms with E-state index in [1.807, 2.05) is 6.92 Å². The maximum atomic E-state index is 4.48. The van der Waals surface area contributed by atoms with Gasteiger partial charge in [0, 0.05) is 17.8 Å². The second kappa shape index (κ2) is 3.66. The first-order chi connectivity index (χ1) is 7.75. The van der Waals surface area contributed by atoms with Crippen molar-refractivity contribution < 1.29 is 0 Å². The number of nitrogens with zero attached hydrogens (tertiary/aromatic N) is 4. The maximum absolute atomic E-state index is 4.48. The van der Waals surface area contributed by atoms with Gasteiger partial charge < -0.3 is 4.57 Å². The van der Waals surface area contributed by atoms with Gasteiger partial charge in [-0.05, 0) is 19.8 Å². The lowest BCUT2D eigenvalue weighted by molar-refractivity contribution is 0.466. The van der Waals surface area contributed by atoms with Crippen LogP contribution in [0.5, 0.6) is 0 Å². The number of thiazole rings is 1. The summed E-state index contributed by atoms with van der Waals surface area (Å²) in [5.74, 6) is 2.58. The van der Waals surface area contributed by atoms with Crippen molar-refractivity contribution in [3.63, 3.8) is 0 Å². The number of rotatable bonds is 1. The van der Waals surface area contributed by atoms with E-state index in [1.165, 1.54) is 12.8 Å². The molecule has 0 amide bonds. The highest BCUT2D eigenvalue weighted by Gasteiger charge is 2.23. The molecule has 0 radical (unpaired) electrons. The summed E-state index contributed by atoms with van der Waals surface area (Å²) >= 11 is 1.66. The van der Waals surface area contributed by atoms with Crippen LogP contribution >= 0.6 is 11.3 Å². The van der Waals surface area contributed by atoms with Crippen molar-refractivity contribution >= 4 is 11.3 Å². The van der Waals surface area contributed by atoms with E-state index in [0.717, 1.165) is 28.9 Å². The van der Waals surface area contributed by atoms with Crippen LogP contribution in [0, 0.1) is 6.92 Å². The zero-order chi connectivity index (χ0) is 11.1. The molecule has 0 N–H and O–H groups in total. The molecule has 0 fully saturated rings. The monoisotopic (exact) mass is 234 g/mol. The number of aryl methyl sites for hydroxylation is 1. The van der Waals surface area contributed by atoms with E-state index >= 15 is 0 Å². The molecular formula is C11H14N4S. The lowest BCUT2D eigenvalue weighted by atomic mass is 10.0. The molecule has 0 saturated heterocycles. The summed E-state index contributed by atoms with van der Waals surface area (Å²) in [6, 6.07) is 0. The van der Waals surface area contributed by atoms with Gasteiger partial charge in [-0.2, -0.15) is 0 Å². The Morgan fingerprint density at radius 1 is 1.44 bits per heavy atom. The standard InChI is InChI=1S/C11H14N4S/c1-7-4-3-5-15-10(7)13-14-11(15)9-6-16-8(2)12-9/h6-7H,3-5H2,1-2H3/t7-/m0/s1. The molecule has 0 aliphatic carbocycles. The first kappa shape index (κ1) is 9.96.